The molecule has 0 spiro atoms. The van der Waals surface area contributed by atoms with Gasteiger partial charge in [0.2, 0.25) is 0 Å². The molecule has 5 nitrogen and oxygen atoms in total. The number of phenols is 1. The molecule has 2 aromatic rings. The zero-order chi connectivity index (χ0) is 15.1. The minimum atomic E-state index is -0.231. The molecule has 0 aliphatic rings. The molecule has 0 fully saturated rings. The predicted octanol–water partition coefficient (Wildman–Crippen LogP) is 2.26. The Kier molecular flexibility index (Phi) is 4.93. The van der Waals surface area contributed by atoms with Crippen LogP contribution in [0.3, 0.4) is 0 Å². The van der Waals surface area contributed by atoms with Gasteiger partial charge in [-0.25, -0.2) is 5.43 Å². The molecule has 0 aliphatic heterocycles. The minimum Gasteiger partial charge on any atom is -0.508 e. The topological polar surface area (TPSA) is 73.7 Å². The quantitative estimate of drug-likeness (QED) is 0.582. The first-order chi connectivity index (χ1) is 10.1. The van der Waals surface area contributed by atoms with Crippen molar-refractivity contribution in [1.82, 2.24) is 5.43 Å². The van der Waals surface area contributed by atoms with Gasteiger partial charge in [-0.05, 0) is 48.9 Å². The van der Waals surface area contributed by atoms with E-state index in [1.165, 1.54) is 11.8 Å². The number of anilines is 1. The van der Waals surface area contributed by atoms with Crippen LogP contribution in [0.25, 0.3) is 0 Å². The largest absolute Gasteiger partial charge is 0.508 e. The average molecular weight is 283 g/mol. The second-order valence-corrected chi connectivity index (χ2v) is 4.60. The maximum atomic E-state index is 11.6. The van der Waals surface area contributed by atoms with Crippen molar-refractivity contribution in [2.24, 2.45) is 5.10 Å². The third-order valence-electron chi connectivity index (χ3n) is 2.80. The number of hydrogen-bond acceptors (Lipinski definition) is 4. The Labute approximate surface area is 123 Å². The van der Waals surface area contributed by atoms with E-state index in [9.17, 15) is 4.79 Å². The first kappa shape index (κ1) is 14.6. The van der Waals surface area contributed by atoms with E-state index < -0.39 is 0 Å². The van der Waals surface area contributed by atoms with E-state index in [0.29, 0.717) is 0 Å². The number of carbonyl (C=O) groups excluding carboxylic acids is 1. The van der Waals surface area contributed by atoms with Crippen molar-refractivity contribution in [1.29, 1.82) is 0 Å². The summed E-state index contributed by atoms with van der Waals surface area (Å²) in [7, 11) is 0. The highest BCUT2D eigenvalue weighted by atomic mass is 16.3. The Morgan fingerprint density at radius 1 is 1.14 bits per heavy atom. The number of hydrogen-bond donors (Lipinski definition) is 3. The summed E-state index contributed by atoms with van der Waals surface area (Å²) in [6.45, 7) is 2.16. The molecule has 108 valence electrons. The van der Waals surface area contributed by atoms with Gasteiger partial charge in [-0.1, -0.05) is 17.7 Å². The second-order valence-electron chi connectivity index (χ2n) is 4.60. The van der Waals surface area contributed by atoms with E-state index in [4.69, 9.17) is 5.11 Å². The van der Waals surface area contributed by atoms with Crippen LogP contribution in [0.2, 0.25) is 0 Å². The van der Waals surface area contributed by atoms with Crippen LogP contribution in [0, 0.1) is 6.92 Å². The minimum absolute atomic E-state index is 0.149. The molecule has 0 atom stereocenters. The zero-order valence-electron chi connectivity index (χ0n) is 11.7. The highest BCUT2D eigenvalue weighted by Crippen LogP contribution is 2.08. The lowest BCUT2D eigenvalue weighted by molar-refractivity contribution is -0.119. The van der Waals surface area contributed by atoms with Crippen LogP contribution in [-0.4, -0.2) is 23.8 Å². The molecule has 2 aromatic carbocycles. The van der Waals surface area contributed by atoms with Crippen molar-refractivity contribution in [2.45, 2.75) is 6.92 Å². The molecule has 0 saturated heterocycles. The molecule has 2 rings (SSSR count). The first-order valence-corrected chi connectivity index (χ1v) is 6.55. The lowest BCUT2D eigenvalue weighted by Gasteiger charge is -2.05. The molecule has 0 bridgehead atoms. The summed E-state index contributed by atoms with van der Waals surface area (Å²) in [5.41, 5.74) is 5.28. The maximum Gasteiger partial charge on any atom is 0.259 e. The van der Waals surface area contributed by atoms with Crippen LogP contribution in [0.1, 0.15) is 11.1 Å². The smallest absolute Gasteiger partial charge is 0.259 e. The van der Waals surface area contributed by atoms with E-state index in [1.54, 1.807) is 24.3 Å². The maximum absolute atomic E-state index is 11.6. The van der Waals surface area contributed by atoms with E-state index >= 15 is 0 Å². The number of carbonyl (C=O) groups is 1. The number of amides is 1. The molecule has 0 unspecified atom stereocenters. The van der Waals surface area contributed by atoms with E-state index in [1.807, 2.05) is 31.2 Å². The fraction of sp³-hybridized carbons (Fsp3) is 0.125. The Hall–Kier alpha value is -2.82. The van der Waals surface area contributed by atoms with Gasteiger partial charge in [0.25, 0.3) is 5.91 Å². The summed E-state index contributed by atoms with van der Waals surface area (Å²) in [5.74, 6) is -0.0379. The molecule has 1 amide bonds. The second kappa shape index (κ2) is 7.09. The van der Waals surface area contributed by atoms with Gasteiger partial charge in [-0.2, -0.15) is 5.10 Å². The summed E-state index contributed by atoms with van der Waals surface area (Å²) < 4.78 is 0. The molecule has 0 saturated carbocycles. The number of nitrogens with zero attached hydrogens (tertiary/aromatic N) is 1. The lowest BCUT2D eigenvalue weighted by Crippen LogP contribution is -2.25. The Balaban J connectivity index is 1.77. The third-order valence-corrected chi connectivity index (χ3v) is 2.80. The average Bonchev–Trinajstić information content (AvgIpc) is 2.49. The van der Waals surface area contributed by atoms with Crippen LogP contribution >= 0.6 is 0 Å². The highest BCUT2D eigenvalue weighted by Gasteiger charge is 1.99. The van der Waals surface area contributed by atoms with Crippen LogP contribution in [0.5, 0.6) is 5.75 Å². The molecule has 21 heavy (non-hydrogen) atoms. The van der Waals surface area contributed by atoms with Crippen molar-refractivity contribution in [3.63, 3.8) is 0 Å². The number of nitrogens with one attached hydrogen (secondary N) is 2. The Bertz CT molecular complexity index is 619. The first-order valence-electron chi connectivity index (χ1n) is 6.55. The highest BCUT2D eigenvalue weighted by molar-refractivity contribution is 5.84. The van der Waals surface area contributed by atoms with Crippen LogP contribution < -0.4 is 10.7 Å². The number of aromatic hydroxyl groups is 1. The van der Waals surface area contributed by atoms with Crippen LogP contribution in [-0.2, 0) is 4.79 Å². The van der Waals surface area contributed by atoms with Crippen molar-refractivity contribution < 1.29 is 9.90 Å². The van der Waals surface area contributed by atoms with E-state index in [2.05, 4.69) is 15.8 Å². The summed E-state index contributed by atoms with van der Waals surface area (Å²) in [5, 5.41) is 16.0. The van der Waals surface area contributed by atoms with E-state index in [-0.39, 0.29) is 18.2 Å². The number of aryl methyl sites for hydroxylation is 1. The summed E-state index contributed by atoms with van der Waals surface area (Å²) in [4.78, 5) is 11.6. The van der Waals surface area contributed by atoms with Crippen molar-refractivity contribution in [2.75, 3.05) is 11.9 Å². The molecule has 5 heteroatoms. The number of hydrazone groups is 1. The fourth-order valence-electron chi connectivity index (χ4n) is 1.63. The van der Waals surface area contributed by atoms with Gasteiger partial charge in [-0.3, -0.25) is 4.79 Å². The molecule has 3 N–H and O–H groups in total. The van der Waals surface area contributed by atoms with Gasteiger partial charge < -0.3 is 10.4 Å². The molecule has 0 radical (unpaired) electrons. The van der Waals surface area contributed by atoms with Gasteiger partial charge in [0, 0.05) is 5.69 Å². The molecular formula is C16H17N3O2. The van der Waals surface area contributed by atoms with Gasteiger partial charge in [-0.15, -0.1) is 0 Å². The molecular weight excluding hydrogens is 266 g/mol. The van der Waals surface area contributed by atoms with Crippen molar-refractivity contribution >= 4 is 17.8 Å². The van der Waals surface area contributed by atoms with Crippen LogP contribution in [0.4, 0.5) is 5.69 Å². The number of benzene rings is 2. The summed E-state index contributed by atoms with van der Waals surface area (Å²) in [6, 6.07) is 14.3. The molecule has 0 aromatic heterocycles. The molecule has 0 aliphatic carbocycles. The number of phenolic OH excluding ortho intramolecular Hbond substituents is 1. The summed E-state index contributed by atoms with van der Waals surface area (Å²) in [6.07, 6.45) is 1.52. The summed E-state index contributed by atoms with van der Waals surface area (Å²) >= 11 is 0. The van der Waals surface area contributed by atoms with Crippen molar-refractivity contribution in [3.8, 4) is 5.75 Å². The number of rotatable bonds is 5. The monoisotopic (exact) mass is 283 g/mol. The normalized spacial score (nSPS) is 10.5. The van der Waals surface area contributed by atoms with Gasteiger partial charge in [0.1, 0.15) is 5.75 Å². The predicted molar refractivity (Wildman–Crippen MR) is 83.5 cm³/mol. The lowest BCUT2D eigenvalue weighted by atomic mass is 10.2. The standard InChI is InChI=1S/C16H17N3O2/c1-12-2-6-14(7-3-12)17-11-16(21)19-18-10-13-4-8-15(20)9-5-13/h2-10,17,20H,11H2,1H3,(H,19,21)/b18-10+. The van der Waals surface area contributed by atoms with Crippen molar-refractivity contribution in [3.05, 3.63) is 59.7 Å². The van der Waals surface area contributed by atoms with Crippen LogP contribution in [0.15, 0.2) is 53.6 Å². The fourth-order valence-corrected chi connectivity index (χ4v) is 1.63. The Morgan fingerprint density at radius 3 is 2.48 bits per heavy atom. The molecule has 0 heterocycles. The van der Waals surface area contributed by atoms with Gasteiger partial charge >= 0.3 is 0 Å². The third kappa shape index (κ3) is 4.99. The van der Waals surface area contributed by atoms with Gasteiger partial charge in [0.15, 0.2) is 0 Å². The zero-order valence-corrected chi connectivity index (χ0v) is 11.7. The SMILES string of the molecule is Cc1ccc(NCC(=O)N/N=C/c2ccc(O)cc2)cc1. The van der Waals surface area contributed by atoms with Gasteiger partial charge in [0.05, 0.1) is 12.8 Å². The Morgan fingerprint density at radius 2 is 1.81 bits per heavy atom. The van der Waals surface area contributed by atoms with E-state index in [0.717, 1.165) is 11.3 Å².